The number of nitrogens with one attached hydrogen (secondary N) is 2. The minimum Gasteiger partial charge on any atom is -0.496 e. The molecule has 0 aliphatic heterocycles. The van der Waals surface area contributed by atoms with Crippen LogP contribution in [0.25, 0.3) is 11.3 Å². The minimum atomic E-state index is -0.522. The molecule has 0 radical (unpaired) electrons. The highest BCUT2D eigenvalue weighted by Crippen LogP contribution is 2.36. The molecular weight excluding hydrogens is 338 g/mol. The van der Waals surface area contributed by atoms with Crippen LogP contribution in [0.3, 0.4) is 0 Å². The first kappa shape index (κ1) is 19.4. The van der Waals surface area contributed by atoms with E-state index in [1.54, 1.807) is 25.4 Å². The number of pyridine rings is 1. The van der Waals surface area contributed by atoms with Gasteiger partial charge < -0.3 is 25.3 Å². The van der Waals surface area contributed by atoms with Gasteiger partial charge in [-0.15, -0.1) is 0 Å². The quantitative estimate of drug-likeness (QED) is 0.645. The van der Waals surface area contributed by atoms with Crippen molar-refractivity contribution in [1.29, 1.82) is 0 Å². The second kappa shape index (κ2) is 8.41. The Morgan fingerprint density at radius 3 is 2.77 bits per heavy atom. The number of aromatic nitrogens is 3. The predicted octanol–water partition coefficient (Wildman–Crippen LogP) is 2.36. The van der Waals surface area contributed by atoms with Gasteiger partial charge in [0.05, 0.1) is 19.4 Å². The van der Waals surface area contributed by atoms with E-state index in [0.29, 0.717) is 48.3 Å². The maximum absolute atomic E-state index is 11.6. The fourth-order valence-corrected chi connectivity index (χ4v) is 2.16. The van der Waals surface area contributed by atoms with Gasteiger partial charge in [0, 0.05) is 18.8 Å². The van der Waals surface area contributed by atoms with E-state index in [1.165, 1.54) is 0 Å². The first-order valence-corrected chi connectivity index (χ1v) is 8.24. The van der Waals surface area contributed by atoms with Crippen LogP contribution in [0.2, 0.25) is 0 Å². The molecular formula is C17H25N5O4. The van der Waals surface area contributed by atoms with E-state index in [9.17, 15) is 4.79 Å². The second-order valence-corrected chi connectivity index (χ2v) is 6.53. The van der Waals surface area contributed by atoms with Crippen molar-refractivity contribution in [2.75, 3.05) is 26.0 Å². The van der Waals surface area contributed by atoms with Gasteiger partial charge in [0.25, 0.3) is 0 Å². The monoisotopic (exact) mass is 363 g/mol. The molecule has 1 amide bonds. The molecule has 0 fully saturated rings. The molecule has 26 heavy (non-hydrogen) atoms. The van der Waals surface area contributed by atoms with Crippen molar-refractivity contribution in [3.8, 4) is 22.9 Å². The number of nitrogens with zero attached hydrogens (tertiary/aromatic N) is 2. The summed E-state index contributed by atoms with van der Waals surface area (Å²) in [4.78, 5) is 15.8. The van der Waals surface area contributed by atoms with Gasteiger partial charge in [0.2, 0.25) is 5.88 Å². The van der Waals surface area contributed by atoms with Crippen LogP contribution in [0.4, 0.5) is 10.6 Å². The first-order chi connectivity index (χ1) is 12.3. The molecule has 4 N–H and O–H groups in total. The van der Waals surface area contributed by atoms with Crippen molar-refractivity contribution < 1.29 is 19.0 Å². The van der Waals surface area contributed by atoms with E-state index in [2.05, 4.69) is 20.5 Å². The molecule has 9 heteroatoms. The number of methoxy groups -OCH3 is 1. The Labute approximate surface area is 152 Å². The lowest BCUT2D eigenvalue weighted by Crippen LogP contribution is -2.33. The predicted molar refractivity (Wildman–Crippen MR) is 97.1 cm³/mol. The third-order valence-corrected chi connectivity index (χ3v) is 3.19. The Hall–Kier alpha value is -2.97. The number of amides is 1. The molecule has 0 spiro atoms. The topological polar surface area (TPSA) is 124 Å². The molecule has 2 aromatic rings. The number of ether oxygens (including phenoxy) is 3. The van der Waals surface area contributed by atoms with Crippen LogP contribution in [-0.4, -0.2) is 47.1 Å². The maximum atomic E-state index is 11.6. The molecule has 0 aliphatic rings. The van der Waals surface area contributed by atoms with Gasteiger partial charge in [-0.25, -0.2) is 9.78 Å². The third-order valence-electron chi connectivity index (χ3n) is 3.19. The van der Waals surface area contributed by atoms with E-state index < -0.39 is 11.7 Å². The summed E-state index contributed by atoms with van der Waals surface area (Å²) in [5, 5.41) is 9.43. The summed E-state index contributed by atoms with van der Waals surface area (Å²) in [6, 6.07) is 3.40. The van der Waals surface area contributed by atoms with Crippen molar-refractivity contribution in [3.05, 3.63) is 18.3 Å². The molecule has 2 aromatic heterocycles. The number of hydrogen-bond donors (Lipinski definition) is 3. The van der Waals surface area contributed by atoms with Gasteiger partial charge in [-0.3, -0.25) is 5.10 Å². The Kier molecular flexibility index (Phi) is 6.26. The normalized spacial score (nSPS) is 11.1. The number of carbonyl (C=O) groups is 1. The molecule has 0 aromatic carbocycles. The minimum absolute atomic E-state index is 0.354. The molecule has 0 saturated heterocycles. The Morgan fingerprint density at radius 2 is 2.15 bits per heavy atom. The highest BCUT2D eigenvalue weighted by Gasteiger charge is 2.17. The highest BCUT2D eigenvalue weighted by atomic mass is 16.6. The van der Waals surface area contributed by atoms with E-state index in [1.807, 2.05) is 20.8 Å². The lowest BCUT2D eigenvalue weighted by Gasteiger charge is -2.19. The summed E-state index contributed by atoms with van der Waals surface area (Å²) in [7, 11) is 1.56. The number of alkyl carbamates (subject to hydrolysis) is 1. The molecule has 142 valence electrons. The standard InChI is InChI=1S/C17H25N5O4/c1-17(2,3)26-16(23)20-7-5-9-25-15-14(11-10-13(18)22-21-11)12(24-4)6-8-19-15/h6,8,10H,5,7,9H2,1-4H3,(H,20,23)(H3,18,21,22). The van der Waals surface area contributed by atoms with Crippen LogP contribution in [0, 0.1) is 0 Å². The third kappa shape index (κ3) is 5.54. The van der Waals surface area contributed by atoms with Gasteiger partial charge in [-0.1, -0.05) is 0 Å². The van der Waals surface area contributed by atoms with Gasteiger partial charge in [-0.05, 0) is 33.3 Å². The lowest BCUT2D eigenvalue weighted by molar-refractivity contribution is 0.0525. The zero-order chi connectivity index (χ0) is 19.2. The van der Waals surface area contributed by atoms with E-state index >= 15 is 0 Å². The average Bonchev–Trinajstić information content (AvgIpc) is 2.98. The Bertz CT molecular complexity index is 739. The van der Waals surface area contributed by atoms with Crippen LogP contribution in [-0.2, 0) is 4.74 Å². The zero-order valence-electron chi connectivity index (χ0n) is 15.5. The van der Waals surface area contributed by atoms with Crippen LogP contribution < -0.4 is 20.5 Å². The Balaban J connectivity index is 1.93. The molecule has 0 saturated carbocycles. The van der Waals surface area contributed by atoms with E-state index in [4.69, 9.17) is 19.9 Å². The van der Waals surface area contributed by atoms with Gasteiger partial charge in [0.15, 0.2) is 0 Å². The molecule has 2 heterocycles. The number of rotatable bonds is 7. The second-order valence-electron chi connectivity index (χ2n) is 6.53. The number of nitrogen functional groups attached to an aromatic ring is 1. The highest BCUT2D eigenvalue weighted by molar-refractivity contribution is 5.73. The zero-order valence-corrected chi connectivity index (χ0v) is 15.5. The van der Waals surface area contributed by atoms with Crippen LogP contribution in [0.15, 0.2) is 18.3 Å². The molecule has 0 atom stereocenters. The molecule has 9 nitrogen and oxygen atoms in total. The largest absolute Gasteiger partial charge is 0.496 e. The molecule has 0 bridgehead atoms. The van der Waals surface area contributed by atoms with Crippen molar-refractivity contribution in [3.63, 3.8) is 0 Å². The lowest BCUT2D eigenvalue weighted by atomic mass is 10.2. The molecule has 0 aliphatic carbocycles. The summed E-state index contributed by atoms with van der Waals surface area (Å²) >= 11 is 0. The van der Waals surface area contributed by atoms with Gasteiger partial charge >= 0.3 is 6.09 Å². The Morgan fingerprint density at radius 1 is 1.38 bits per heavy atom. The summed E-state index contributed by atoms with van der Waals surface area (Å²) in [5.41, 5.74) is 6.44. The van der Waals surface area contributed by atoms with Gasteiger partial charge in [0.1, 0.15) is 22.7 Å². The van der Waals surface area contributed by atoms with E-state index in [-0.39, 0.29) is 0 Å². The average molecular weight is 363 g/mol. The summed E-state index contributed by atoms with van der Waals surface area (Å²) in [6.07, 6.45) is 1.73. The number of carbonyl (C=O) groups excluding carboxylic acids is 1. The van der Waals surface area contributed by atoms with Crippen molar-refractivity contribution in [2.24, 2.45) is 0 Å². The SMILES string of the molecule is COc1ccnc(OCCCNC(=O)OC(C)(C)C)c1-c1cc(N)n[nH]1. The van der Waals surface area contributed by atoms with E-state index in [0.717, 1.165) is 0 Å². The smallest absolute Gasteiger partial charge is 0.407 e. The fraction of sp³-hybridized carbons (Fsp3) is 0.471. The molecule has 2 rings (SSSR count). The summed E-state index contributed by atoms with van der Waals surface area (Å²) in [6.45, 7) is 6.22. The van der Waals surface area contributed by atoms with Crippen molar-refractivity contribution in [1.82, 2.24) is 20.5 Å². The number of aromatic amines is 1. The molecule has 0 unspecified atom stereocenters. The van der Waals surface area contributed by atoms with Gasteiger partial charge in [-0.2, -0.15) is 5.10 Å². The van der Waals surface area contributed by atoms with Crippen LogP contribution >= 0.6 is 0 Å². The van der Waals surface area contributed by atoms with Crippen LogP contribution in [0.5, 0.6) is 11.6 Å². The number of hydrogen-bond acceptors (Lipinski definition) is 7. The number of H-pyrrole nitrogens is 1. The number of anilines is 1. The van der Waals surface area contributed by atoms with Crippen LogP contribution in [0.1, 0.15) is 27.2 Å². The summed E-state index contributed by atoms with van der Waals surface area (Å²) < 4.78 is 16.3. The van der Waals surface area contributed by atoms with Crippen molar-refractivity contribution in [2.45, 2.75) is 32.8 Å². The number of nitrogens with two attached hydrogens (primary N) is 1. The summed E-state index contributed by atoms with van der Waals surface area (Å²) in [5.74, 6) is 1.34. The fourth-order valence-electron chi connectivity index (χ4n) is 2.16. The maximum Gasteiger partial charge on any atom is 0.407 e. The first-order valence-electron chi connectivity index (χ1n) is 8.24. The van der Waals surface area contributed by atoms with Crippen molar-refractivity contribution >= 4 is 11.9 Å².